The van der Waals surface area contributed by atoms with Gasteiger partial charge in [0.2, 0.25) is 5.91 Å². The van der Waals surface area contributed by atoms with Crippen molar-refractivity contribution in [3.8, 4) is 0 Å². The molecule has 14 heavy (non-hydrogen) atoms. The van der Waals surface area contributed by atoms with Crippen LogP contribution < -0.4 is 10.6 Å². The van der Waals surface area contributed by atoms with Crippen LogP contribution in [0.1, 0.15) is 6.42 Å². The summed E-state index contributed by atoms with van der Waals surface area (Å²) in [6, 6.07) is -0.164. The minimum atomic E-state index is -0.892. The van der Waals surface area contributed by atoms with Gasteiger partial charge >= 0.3 is 5.97 Å². The van der Waals surface area contributed by atoms with Gasteiger partial charge < -0.3 is 15.7 Å². The standard InChI is InChI=1S/C8H14N2O3S/c11-7(12)1-2-10-8(13)6-5-14-4-3-9-6/h6,9H,1-5H2,(H,10,13)(H,11,12). The topological polar surface area (TPSA) is 78.4 Å². The van der Waals surface area contributed by atoms with Crippen LogP contribution in [0.4, 0.5) is 0 Å². The van der Waals surface area contributed by atoms with Gasteiger partial charge in [0, 0.05) is 24.6 Å². The molecule has 1 saturated heterocycles. The highest BCUT2D eigenvalue weighted by molar-refractivity contribution is 7.99. The number of carbonyl (C=O) groups excluding carboxylic acids is 1. The summed E-state index contributed by atoms with van der Waals surface area (Å²) in [6.45, 7) is 1.04. The summed E-state index contributed by atoms with van der Waals surface area (Å²) in [7, 11) is 0. The Morgan fingerprint density at radius 1 is 1.57 bits per heavy atom. The highest BCUT2D eigenvalue weighted by Gasteiger charge is 2.20. The average Bonchev–Trinajstić information content (AvgIpc) is 2.18. The Hall–Kier alpha value is -0.750. The van der Waals surface area contributed by atoms with Crippen molar-refractivity contribution in [2.45, 2.75) is 12.5 Å². The third-order valence-electron chi connectivity index (χ3n) is 1.88. The molecule has 80 valence electrons. The van der Waals surface area contributed by atoms with Crippen LogP contribution in [0.2, 0.25) is 0 Å². The predicted molar refractivity (Wildman–Crippen MR) is 54.4 cm³/mol. The van der Waals surface area contributed by atoms with Crippen molar-refractivity contribution in [3.05, 3.63) is 0 Å². The number of carboxylic acids is 1. The zero-order valence-electron chi connectivity index (χ0n) is 7.78. The number of carboxylic acid groups (broad SMARTS) is 1. The summed E-state index contributed by atoms with van der Waals surface area (Å²) >= 11 is 1.73. The number of thioether (sulfide) groups is 1. The second kappa shape index (κ2) is 5.87. The van der Waals surface area contributed by atoms with Gasteiger partial charge in [-0.05, 0) is 0 Å². The van der Waals surface area contributed by atoms with E-state index in [1.54, 1.807) is 11.8 Å². The molecule has 0 bridgehead atoms. The van der Waals surface area contributed by atoms with Gasteiger partial charge in [-0.2, -0.15) is 11.8 Å². The third-order valence-corrected chi connectivity index (χ3v) is 2.94. The van der Waals surface area contributed by atoms with E-state index in [-0.39, 0.29) is 24.9 Å². The molecule has 0 aromatic carbocycles. The van der Waals surface area contributed by atoms with Gasteiger partial charge in [-0.3, -0.25) is 9.59 Å². The molecule has 1 aliphatic heterocycles. The summed E-state index contributed by atoms with van der Waals surface area (Å²) in [5.74, 6) is 0.799. The Morgan fingerprint density at radius 2 is 2.36 bits per heavy atom. The lowest BCUT2D eigenvalue weighted by molar-refractivity contribution is -0.136. The predicted octanol–water partition coefficient (Wildman–Crippen LogP) is -0.718. The van der Waals surface area contributed by atoms with Gasteiger partial charge in [-0.15, -0.1) is 0 Å². The molecule has 1 atom stereocenters. The van der Waals surface area contributed by atoms with E-state index in [2.05, 4.69) is 10.6 Å². The SMILES string of the molecule is O=C(O)CCNC(=O)C1CSCCN1. The molecule has 1 fully saturated rings. The Bertz CT molecular complexity index is 217. The van der Waals surface area contributed by atoms with Crippen molar-refractivity contribution in [2.24, 2.45) is 0 Å². The molecule has 3 N–H and O–H groups in total. The summed E-state index contributed by atoms with van der Waals surface area (Å²) < 4.78 is 0. The highest BCUT2D eigenvalue weighted by Crippen LogP contribution is 2.07. The fraction of sp³-hybridized carbons (Fsp3) is 0.750. The largest absolute Gasteiger partial charge is 0.481 e. The molecule has 0 spiro atoms. The van der Waals surface area contributed by atoms with Gasteiger partial charge in [0.15, 0.2) is 0 Å². The number of hydrogen-bond donors (Lipinski definition) is 3. The summed E-state index contributed by atoms with van der Waals surface area (Å²) in [6.07, 6.45) is -0.0222. The van der Waals surface area contributed by atoms with Gasteiger partial charge in [-0.1, -0.05) is 0 Å². The molecule has 6 heteroatoms. The fourth-order valence-corrected chi connectivity index (χ4v) is 2.08. The van der Waals surface area contributed by atoms with Gasteiger partial charge in [-0.25, -0.2) is 0 Å². The van der Waals surface area contributed by atoms with Crippen LogP contribution in [0.15, 0.2) is 0 Å². The van der Waals surface area contributed by atoms with E-state index >= 15 is 0 Å². The summed E-state index contributed by atoms with van der Waals surface area (Å²) in [4.78, 5) is 21.6. The molecule has 0 aromatic heterocycles. The maximum absolute atomic E-state index is 11.4. The van der Waals surface area contributed by atoms with Crippen molar-refractivity contribution in [1.82, 2.24) is 10.6 Å². The lowest BCUT2D eigenvalue weighted by atomic mass is 10.3. The molecule has 1 heterocycles. The van der Waals surface area contributed by atoms with E-state index in [0.29, 0.717) is 0 Å². The molecule has 1 unspecified atom stereocenters. The third kappa shape index (κ3) is 3.97. The van der Waals surface area contributed by atoms with Gasteiger partial charge in [0.05, 0.1) is 12.5 Å². The maximum Gasteiger partial charge on any atom is 0.305 e. The minimum absolute atomic E-state index is 0.0222. The number of hydrogen-bond acceptors (Lipinski definition) is 4. The molecule has 1 rings (SSSR count). The number of carbonyl (C=O) groups is 2. The number of aliphatic carboxylic acids is 1. The first-order valence-electron chi connectivity index (χ1n) is 4.51. The van der Waals surface area contributed by atoms with Crippen LogP contribution in [0.25, 0.3) is 0 Å². The van der Waals surface area contributed by atoms with Crippen molar-refractivity contribution >= 4 is 23.6 Å². The zero-order valence-corrected chi connectivity index (χ0v) is 8.60. The van der Waals surface area contributed by atoms with Crippen LogP contribution >= 0.6 is 11.8 Å². The number of nitrogens with one attached hydrogen (secondary N) is 2. The van der Waals surface area contributed by atoms with E-state index in [1.807, 2.05) is 0 Å². The van der Waals surface area contributed by atoms with Crippen LogP contribution in [0, 0.1) is 0 Å². The quantitative estimate of drug-likeness (QED) is 0.580. The van der Waals surface area contributed by atoms with Crippen molar-refractivity contribution in [2.75, 3.05) is 24.6 Å². The molecule has 0 radical (unpaired) electrons. The van der Waals surface area contributed by atoms with Gasteiger partial charge in [0.1, 0.15) is 0 Å². The van der Waals surface area contributed by atoms with Gasteiger partial charge in [0.25, 0.3) is 0 Å². The normalized spacial score (nSPS) is 21.6. The van der Waals surface area contributed by atoms with Crippen LogP contribution in [0.3, 0.4) is 0 Å². The second-order valence-corrected chi connectivity index (χ2v) is 4.17. The maximum atomic E-state index is 11.4. The first kappa shape index (κ1) is 11.3. The Labute approximate surface area is 86.6 Å². The van der Waals surface area contributed by atoms with Crippen LogP contribution in [-0.2, 0) is 9.59 Å². The smallest absolute Gasteiger partial charge is 0.305 e. The van der Waals surface area contributed by atoms with Crippen molar-refractivity contribution < 1.29 is 14.7 Å². The Balaban J connectivity index is 2.16. The molecule has 0 aliphatic carbocycles. The Kier molecular flexibility index (Phi) is 4.75. The molecule has 0 aromatic rings. The molecule has 1 amide bonds. The van der Waals surface area contributed by atoms with Crippen molar-refractivity contribution in [3.63, 3.8) is 0 Å². The van der Waals surface area contributed by atoms with Crippen molar-refractivity contribution in [1.29, 1.82) is 0 Å². The first-order valence-corrected chi connectivity index (χ1v) is 5.66. The van der Waals surface area contributed by atoms with E-state index in [1.165, 1.54) is 0 Å². The number of amides is 1. The molecule has 1 aliphatic rings. The summed E-state index contributed by atoms with van der Waals surface area (Å²) in [5.41, 5.74) is 0. The number of rotatable bonds is 4. The fourth-order valence-electron chi connectivity index (χ4n) is 1.15. The molecular formula is C8H14N2O3S. The average molecular weight is 218 g/mol. The van der Waals surface area contributed by atoms with E-state index in [0.717, 1.165) is 18.1 Å². The Morgan fingerprint density at radius 3 is 2.93 bits per heavy atom. The molecule has 5 nitrogen and oxygen atoms in total. The molecular weight excluding hydrogens is 204 g/mol. The molecule has 0 saturated carbocycles. The van der Waals surface area contributed by atoms with E-state index in [9.17, 15) is 9.59 Å². The van der Waals surface area contributed by atoms with Crippen LogP contribution in [0.5, 0.6) is 0 Å². The monoisotopic (exact) mass is 218 g/mol. The second-order valence-electron chi connectivity index (χ2n) is 3.02. The van der Waals surface area contributed by atoms with Crippen LogP contribution in [-0.4, -0.2) is 47.6 Å². The highest BCUT2D eigenvalue weighted by atomic mass is 32.2. The lowest BCUT2D eigenvalue weighted by Gasteiger charge is -2.21. The van der Waals surface area contributed by atoms with E-state index < -0.39 is 5.97 Å². The van der Waals surface area contributed by atoms with E-state index in [4.69, 9.17) is 5.11 Å². The lowest BCUT2D eigenvalue weighted by Crippen LogP contribution is -2.49. The first-order chi connectivity index (χ1) is 6.70. The zero-order chi connectivity index (χ0) is 10.4. The summed E-state index contributed by atoms with van der Waals surface area (Å²) in [5, 5.41) is 14.0. The minimum Gasteiger partial charge on any atom is -0.481 e.